The van der Waals surface area contributed by atoms with Crippen molar-refractivity contribution in [2.24, 2.45) is 0 Å². The molecule has 0 aliphatic carbocycles. The van der Waals surface area contributed by atoms with E-state index in [1.54, 1.807) is 6.07 Å². The second-order valence-electron chi connectivity index (χ2n) is 4.82. The molecule has 0 bridgehead atoms. The van der Waals surface area contributed by atoms with Gasteiger partial charge in [-0.05, 0) is 54.1 Å². The summed E-state index contributed by atoms with van der Waals surface area (Å²) in [4.78, 5) is 12.4. The summed E-state index contributed by atoms with van der Waals surface area (Å²) in [5, 5.41) is 2.92. The van der Waals surface area contributed by atoms with Crippen molar-refractivity contribution in [3.63, 3.8) is 0 Å². The topological polar surface area (TPSA) is 47.6 Å². The van der Waals surface area contributed by atoms with Crippen molar-refractivity contribution in [3.05, 3.63) is 57.2 Å². The molecule has 0 unspecified atom stereocenters. The number of rotatable bonds is 7. The smallest absolute Gasteiger partial charge is 0.251 e. The Labute approximate surface area is 150 Å². The monoisotopic (exact) mass is 425 g/mol. The molecule has 1 N–H and O–H groups in total. The lowest BCUT2D eigenvalue weighted by Crippen LogP contribution is -2.23. The average Bonchev–Trinajstić information content (AvgIpc) is 2.56. The highest BCUT2D eigenvalue weighted by molar-refractivity contribution is 14.1. The minimum atomic E-state index is -0.129. The number of hydrogen-bond acceptors (Lipinski definition) is 3. The summed E-state index contributed by atoms with van der Waals surface area (Å²) >= 11 is 2.16. The van der Waals surface area contributed by atoms with Crippen LogP contribution >= 0.6 is 22.6 Å². The fourth-order valence-corrected chi connectivity index (χ4v) is 2.88. The highest BCUT2D eigenvalue weighted by Crippen LogP contribution is 2.34. The van der Waals surface area contributed by atoms with E-state index >= 15 is 0 Å². The molecule has 0 saturated heterocycles. The lowest BCUT2D eigenvalue weighted by atomic mass is 10.1. The molecule has 0 aliphatic rings. The highest BCUT2D eigenvalue weighted by atomic mass is 127. The molecule has 2 aromatic carbocycles. The molecule has 0 atom stereocenters. The number of carbonyl (C=O) groups excluding carboxylic acids is 1. The van der Waals surface area contributed by atoms with E-state index in [1.807, 2.05) is 50.2 Å². The van der Waals surface area contributed by atoms with Gasteiger partial charge < -0.3 is 14.8 Å². The van der Waals surface area contributed by atoms with E-state index in [-0.39, 0.29) is 5.91 Å². The van der Waals surface area contributed by atoms with Gasteiger partial charge in [0, 0.05) is 12.1 Å². The van der Waals surface area contributed by atoms with Gasteiger partial charge >= 0.3 is 0 Å². The molecular weight excluding hydrogens is 405 g/mol. The minimum absolute atomic E-state index is 0.129. The van der Waals surface area contributed by atoms with E-state index in [0.717, 1.165) is 9.13 Å². The Bertz CT molecular complexity index is 659. The largest absolute Gasteiger partial charge is 0.490 e. The maximum Gasteiger partial charge on any atom is 0.251 e. The zero-order valence-corrected chi connectivity index (χ0v) is 15.4. The van der Waals surface area contributed by atoms with E-state index < -0.39 is 0 Å². The normalized spacial score (nSPS) is 10.2. The SMILES string of the molecule is CCOc1cc(C(=O)NCc2ccccc2)cc(I)c1OCC. The standard InChI is InChI=1S/C18H20INO3/c1-3-22-16-11-14(10-15(19)17(16)23-4-2)18(21)20-12-13-8-6-5-7-9-13/h5-11H,3-4,12H2,1-2H3,(H,20,21). The van der Waals surface area contributed by atoms with Crippen LogP contribution in [0, 0.1) is 3.57 Å². The Hall–Kier alpha value is -1.76. The van der Waals surface area contributed by atoms with Gasteiger partial charge in [0.15, 0.2) is 11.5 Å². The van der Waals surface area contributed by atoms with Crippen LogP contribution in [-0.4, -0.2) is 19.1 Å². The second kappa shape index (κ2) is 8.76. The number of benzene rings is 2. The number of ether oxygens (including phenoxy) is 2. The van der Waals surface area contributed by atoms with Crippen LogP contribution in [0.4, 0.5) is 0 Å². The summed E-state index contributed by atoms with van der Waals surface area (Å²) in [6, 6.07) is 13.4. The van der Waals surface area contributed by atoms with E-state index in [1.165, 1.54) is 0 Å². The molecule has 0 aliphatic heterocycles. The van der Waals surface area contributed by atoms with Gasteiger partial charge in [-0.2, -0.15) is 0 Å². The van der Waals surface area contributed by atoms with E-state index in [4.69, 9.17) is 9.47 Å². The van der Waals surface area contributed by atoms with Gasteiger partial charge in [0.2, 0.25) is 0 Å². The lowest BCUT2D eigenvalue weighted by molar-refractivity contribution is 0.0950. The van der Waals surface area contributed by atoms with Crippen LogP contribution in [0.2, 0.25) is 0 Å². The van der Waals surface area contributed by atoms with E-state index in [0.29, 0.717) is 36.8 Å². The van der Waals surface area contributed by atoms with Crippen molar-refractivity contribution in [3.8, 4) is 11.5 Å². The molecule has 0 saturated carbocycles. The van der Waals surface area contributed by atoms with Gasteiger partial charge in [-0.3, -0.25) is 4.79 Å². The predicted octanol–water partition coefficient (Wildman–Crippen LogP) is 4.02. The molecule has 2 rings (SSSR count). The summed E-state index contributed by atoms with van der Waals surface area (Å²) in [6.07, 6.45) is 0. The van der Waals surface area contributed by atoms with Gasteiger partial charge in [-0.15, -0.1) is 0 Å². The fourth-order valence-electron chi connectivity index (χ4n) is 2.13. The third kappa shape index (κ3) is 4.86. The third-order valence-electron chi connectivity index (χ3n) is 3.16. The van der Waals surface area contributed by atoms with Crippen LogP contribution in [0.5, 0.6) is 11.5 Å². The van der Waals surface area contributed by atoms with Crippen LogP contribution in [0.1, 0.15) is 29.8 Å². The molecular formula is C18H20INO3. The van der Waals surface area contributed by atoms with Gasteiger partial charge in [0.05, 0.1) is 16.8 Å². The molecule has 122 valence electrons. The maximum absolute atomic E-state index is 12.4. The summed E-state index contributed by atoms with van der Waals surface area (Å²) in [6.45, 7) is 5.39. The number of halogens is 1. The first-order chi connectivity index (χ1) is 11.2. The average molecular weight is 425 g/mol. The molecule has 4 nitrogen and oxygen atoms in total. The molecule has 0 heterocycles. The minimum Gasteiger partial charge on any atom is -0.490 e. The highest BCUT2D eigenvalue weighted by Gasteiger charge is 2.15. The Morgan fingerprint density at radius 1 is 1.09 bits per heavy atom. The van der Waals surface area contributed by atoms with E-state index in [9.17, 15) is 4.79 Å². The van der Waals surface area contributed by atoms with Gasteiger partial charge in [0.1, 0.15) is 0 Å². The summed E-state index contributed by atoms with van der Waals surface area (Å²) in [5.74, 6) is 1.16. The van der Waals surface area contributed by atoms with Crippen LogP contribution in [0.25, 0.3) is 0 Å². The summed E-state index contributed by atoms with van der Waals surface area (Å²) in [7, 11) is 0. The fraction of sp³-hybridized carbons (Fsp3) is 0.278. The Kier molecular flexibility index (Phi) is 6.70. The molecule has 0 spiro atoms. The second-order valence-corrected chi connectivity index (χ2v) is 5.98. The van der Waals surface area contributed by atoms with Gasteiger partial charge in [0.25, 0.3) is 5.91 Å². The number of carbonyl (C=O) groups is 1. The van der Waals surface area contributed by atoms with Gasteiger partial charge in [-0.25, -0.2) is 0 Å². The van der Waals surface area contributed by atoms with Crippen molar-refractivity contribution in [1.82, 2.24) is 5.32 Å². The third-order valence-corrected chi connectivity index (χ3v) is 3.96. The van der Waals surface area contributed by atoms with E-state index in [2.05, 4.69) is 27.9 Å². The lowest BCUT2D eigenvalue weighted by Gasteiger charge is -2.14. The van der Waals surface area contributed by atoms with Crippen LogP contribution < -0.4 is 14.8 Å². The summed E-state index contributed by atoms with van der Waals surface area (Å²) in [5.41, 5.74) is 1.63. The van der Waals surface area contributed by atoms with Crippen molar-refractivity contribution < 1.29 is 14.3 Å². The first-order valence-corrected chi connectivity index (χ1v) is 8.64. The molecule has 2 aromatic rings. The molecule has 0 radical (unpaired) electrons. The number of hydrogen-bond donors (Lipinski definition) is 1. The van der Waals surface area contributed by atoms with Crippen LogP contribution in [0.3, 0.4) is 0 Å². The Balaban J connectivity index is 2.16. The first kappa shape index (κ1) is 17.6. The van der Waals surface area contributed by atoms with Crippen LogP contribution in [0.15, 0.2) is 42.5 Å². The maximum atomic E-state index is 12.4. The summed E-state index contributed by atoms with van der Waals surface area (Å²) < 4.78 is 12.1. The molecule has 23 heavy (non-hydrogen) atoms. The number of nitrogens with one attached hydrogen (secondary N) is 1. The van der Waals surface area contributed by atoms with Crippen molar-refractivity contribution in [1.29, 1.82) is 0 Å². The van der Waals surface area contributed by atoms with Crippen molar-refractivity contribution >= 4 is 28.5 Å². The first-order valence-electron chi connectivity index (χ1n) is 7.57. The zero-order valence-electron chi connectivity index (χ0n) is 13.3. The molecule has 0 aromatic heterocycles. The molecule has 5 heteroatoms. The van der Waals surface area contributed by atoms with Crippen molar-refractivity contribution in [2.45, 2.75) is 20.4 Å². The Morgan fingerprint density at radius 2 is 1.78 bits per heavy atom. The Morgan fingerprint density at radius 3 is 2.43 bits per heavy atom. The van der Waals surface area contributed by atoms with Crippen LogP contribution in [-0.2, 0) is 6.54 Å². The zero-order chi connectivity index (χ0) is 16.7. The molecule has 0 fully saturated rings. The van der Waals surface area contributed by atoms with Gasteiger partial charge in [-0.1, -0.05) is 30.3 Å². The van der Waals surface area contributed by atoms with Crippen molar-refractivity contribution in [2.75, 3.05) is 13.2 Å². The predicted molar refractivity (Wildman–Crippen MR) is 99.1 cm³/mol. The number of amides is 1. The molecule has 1 amide bonds. The quantitative estimate of drug-likeness (QED) is 0.682.